The summed E-state index contributed by atoms with van der Waals surface area (Å²) in [5.41, 5.74) is 2.88. The number of rotatable bonds is 4. The zero-order valence-corrected chi connectivity index (χ0v) is 12.0. The predicted octanol–water partition coefficient (Wildman–Crippen LogP) is 3.23. The van der Waals surface area contributed by atoms with Crippen molar-refractivity contribution in [2.45, 2.75) is 19.9 Å². The van der Waals surface area contributed by atoms with Gasteiger partial charge in [0, 0.05) is 6.04 Å². The van der Waals surface area contributed by atoms with Gasteiger partial charge in [-0.3, -0.25) is 0 Å². The van der Waals surface area contributed by atoms with Gasteiger partial charge in [-0.15, -0.1) is 5.10 Å². The number of nitrogens with zero attached hydrogens (tertiary/aromatic N) is 3. The van der Waals surface area contributed by atoms with E-state index in [4.69, 9.17) is 0 Å². The van der Waals surface area contributed by atoms with E-state index in [2.05, 4.69) is 15.6 Å². The second kappa shape index (κ2) is 5.61. The first kappa shape index (κ1) is 13.7. The highest BCUT2D eigenvalue weighted by Gasteiger charge is 2.18. The number of hydrogen-bond acceptors (Lipinski definition) is 3. The van der Waals surface area contributed by atoms with Crippen molar-refractivity contribution in [2.75, 3.05) is 6.54 Å². The summed E-state index contributed by atoms with van der Waals surface area (Å²) in [7, 11) is 0. The number of nitrogens with one attached hydrogen (secondary N) is 1. The molecule has 0 amide bonds. The molecule has 0 saturated carbocycles. The van der Waals surface area contributed by atoms with Gasteiger partial charge in [-0.25, -0.2) is 9.07 Å². The Kier molecular flexibility index (Phi) is 3.66. The number of fused-ring (bicyclic) bond motifs is 1. The maximum absolute atomic E-state index is 14.4. The van der Waals surface area contributed by atoms with Gasteiger partial charge in [0.25, 0.3) is 0 Å². The van der Waals surface area contributed by atoms with Crippen molar-refractivity contribution < 1.29 is 4.39 Å². The second-order valence-corrected chi connectivity index (χ2v) is 4.95. The minimum Gasteiger partial charge on any atom is -0.310 e. The van der Waals surface area contributed by atoms with Gasteiger partial charge in [0.2, 0.25) is 0 Å². The van der Waals surface area contributed by atoms with Crippen LogP contribution in [0.25, 0.3) is 16.7 Å². The Bertz CT molecular complexity index is 766. The van der Waals surface area contributed by atoms with Crippen molar-refractivity contribution in [3.05, 3.63) is 53.8 Å². The molecule has 21 heavy (non-hydrogen) atoms. The van der Waals surface area contributed by atoms with Gasteiger partial charge in [0.1, 0.15) is 17.0 Å². The maximum Gasteiger partial charge on any atom is 0.149 e. The van der Waals surface area contributed by atoms with Gasteiger partial charge in [0.05, 0.1) is 5.52 Å². The van der Waals surface area contributed by atoms with Crippen LogP contribution < -0.4 is 5.32 Å². The molecule has 5 heteroatoms. The molecule has 0 radical (unpaired) electrons. The van der Waals surface area contributed by atoms with Crippen LogP contribution in [0, 0.1) is 5.82 Å². The largest absolute Gasteiger partial charge is 0.310 e. The Morgan fingerprint density at radius 3 is 2.81 bits per heavy atom. The lowest BCUT2D eigenvalue weighted by Gasteiger charge is -2.17. The predicted molar refractivity (Wildman–Crippen MR) is 80.9 cm³/mol. The normalized spacial score (nSPS) is 12.7. The highest BCUT2D eigenvalue weighted by atomic mass is 19.1. The molecule has 0 aliphatic rings. The summed E-state index contributed by atoms with van der Waals surface area (Å²) in [4.78, 5) is 0. The first-order chi connectivity index (χ1) is 10.2. The fraction of sp³-hybridized carbons (Fsp3) is 0.250. The minimum atomic E-state index is -0.298. The Balaban J connectivity index is 2.22. The van der Waals surface area contributed by atoms with E-state index in [0.29, 0.717) is 5.69 Å². The summed E-state index contributed by atoms with van der Waals surface area (Å²) in [5.74, 6) is -0.298. The van der Waals surface area contributed by atoms with E-state index < -0.39 is 0 Å². The van der Waals surface area contributed by atoms with Crippen LogP contribution in [0.4, 0.5) is 4.39 Å². The highest BCUT2D eigenvalue weighted by molar-refractivity contribution is 5.76. The summed E-state index contributed by atoms with van der Waals surface area (Å²) in [6.45, 7) is 4.86. The summed E-state index contributed by atoms with van der Waals surface area (Å²) >= 11 is 0. The van der Waals surface area contributed by atoms with Gasteiger partial charge in [-0.2, -0.15) is 0 Å². The van der Waals surface area contributed by atoms with Gasteiger partial charge in [0.15, 0.2) is 0 Å². The first-order valence-corrected chi connectivity index (χ1v) is 7.05. The van der Waals surface area contributed by atoms with Crippen molar-refractivity contribution in [1.29, 1.82) is 0 Å². The Hall–Kier alpha value is -2.27. The molecule has 1 aromatic heterocycles. The fourth-order valence-electron chi connectivity index (χ4n) is 2.56. The molecule has 3 aromatic rings. The maximum atomic E-state index is 14.4. The molecular weight excluding hydrogens is 267 g/mol. The summed E-state index contributed by atoms with van der Waals surface area (Å²) in [6.07, 6.45) is 0. The smallest absolute Gasteiger partial charge is 0.149 e. The standard InChI is InChI=1S/C16H17FN4/c1-3-18-11(2)12-7-6-8-13(17)16(12)21-15-10-5-4-9-14(15)19-20-21/h4-11,18H,3H2,1-2H3. The zero-order valence-electron chi connectivity index (χ0n) is 12.0. The Morgan fingerprint density at radius 1 is 1.19 bits per heavy atom. The van der Waals surface area contributed by atoms with E-state index in [1.54, 1.807) is 10.7 Å². The van der Waals surface area contributed by atoms with Crippen LogP contribution in [0.1, 0.15) is 25.5 Å². The van der Waals surface area contributed by atoms with Crippen LogP contribution >= 0.6 is 0 Å². The van der Waals surface area contributed by atoms with Crippen molar-refractivity contribution in [1.82, 2.24) is 20.3 Å². The van der Waals surface area contributed by atoms with Crippen molar-refractivity contribution in [3.8, 4) is 5.69 Å². The molecule has 1 atom stereocenters. The van der Waals surface area contributed by atoms with Crippen molar-refractivity contribution in [3.63, 3.8) is 0 Å². The monoisotopic (exact) mass is 284 g/mol. The van der Waals surface area contributed by atoms with Crippen LogP contribution in [0.5, 0.6) is 0 Å². The van der Waals surface area contributed by atoms with Crippen molar-refractivity contribution in [2.24, 2.45) is 0 Å². The number of aromatic nitrogens is 3. The van der Waals surface area contributed by atoms with Gasteiger partial charge >= 0.3 is 0 Å². The van der Waals surface area contributed by atoms with Crippen LogP contribution in [-0.2, 0) is 0 Å². The second-order valence-electron chi connectivity index (χ2n) is 4.95. The van der Waals surface area contributed by atoms with Crippen LogP contribution in [0.2, 0.25) is 0 Å². The summed E-state index contributed by atoms with van der Waals surface area (Å²) < 4.78 is 16.0. The van der Waals surface area contributed by atoms with Crippen LogP contribution in [-0.4, -0.2) is 21.5 Å². The third kappa shape index (κ3) is 2.40. The average molecular weight is 284 g/mol. The minimum absolute atomic E-state index is 0.0312. The molecular formula is C16H17FN4. The Labute approximate surface area is 122 Å². The lowest BCUT2D eigenvalue weighted by Crippen LogP contribution is -2.20. The lowest BCUT2D eigenvalue weighted by atomic mass is 10.1. The molecule has 2 aromatic carbocycles. The van der Waals surface area contributed by atoms with Gasteiger partial charge in [-0.05, 0) is 37.2 Å². The zero-order chi connectivity index (χ0) is 14.8. The van der Waals surface area contributed by atoms with E-state index in [1.165, 1.54) is 6.07 Å². The molecule has 1 N–H and O–H groups in total. The molecule has 0 aliphatic heterocycles. The van der Waals surface area contributed by atoms with E-state index in [1.807, 2.05) is 44.2 Å². The van der Waals surface area contributed by atoms with Crippen LogP contribution in [0.15, 0.2) is 42.5 Å². The lowest BCUT2D eigenvalue weighted by molar-refractivity contribution is 0.569. The van der Waals surface area contributed by atoms with E-state index in [-0.39, 0.29) is 11.9 Å². The molecule has 0 fully saturated rings. The Morgan fingerprint density at radius 2 is 2.00 bits per heavy atom. The quantitative estimate of drug-likeness (QED) is 0.800. The summed E-state index contributed by atoms with van der Waals surface area (Å²) in [6, 6.07) is 12.7. The first-order valence-electron chi connectivity index (χ1n) is 7.05. The number of halogens is 1. The van der Waals surface area contributed by atoms with E-state index in [9.17, 15) is 4.39 Å². The average Bonchev–Trinajstić information content (AvgIpc) is 2.91. The number of hydrogen-bond donors (Lipinski definition) is 1. The van der Waals surface area contributed by atoms with Gasteiger partial charge < -0.3 is 5.32 Å². The SMILES string of the molecule is CCNC(C)c1cccc(F)c1-n1nnc2ccccc21. The molecule has 1 unspecified atom stereocenters. The number of para-hydroxylation sites is 2. The van der Waals surface area contributed by atoms with Crippen molar-refractivity contribution >= 4 is 11.0 Å². The third-order valence-electron chi connectivity index (χ3n) is 3.56. The number of benzene rings is 2. The molecule has 0 aliphatic carbocycles. The molecule has 1 heterocycles. The third-order valence-corrected chi connectivity index (χ3v) is 3.56. The van der Waals surface area contributed by atoms with Crippen LogP contribution in [0.3, 0.4) is 0 Å². The molecule has 0 bridgehead atoms. The van der Waals surface area contributed by atoms with E-state index >= 15 is 0 Å². The fourth-order valence-corrected chi connectivity index (χ4v) is 2.56. The molecule has 0 spiro atoms. The molecule has 3 rings (SSSR count). The van der Waals surface area contributed by atoms with Gasteiger partial charge in [-0.1, -0.05) is 36.4 Å². The summed E-state index contributed by atoms with van der Waals surface area (Å²) in [5, 5.41) is 11.5. The molecule has 4 nitrogen and oxygen atoms in total. The van der Waals surface area contributed by atoms with E-state index in [0.717, 1.165) is 23.1 Å². The topological polar surface area (TPSA) is 42.7 Å². The molecule has 108 valence electrons. The highest BCUT2D eigenvalue weighted by Crippen LogP contribution is 2.26. The molecule has 0 saturated heterocycles.